The van der Waals surface area contributed by atoms with Crippen LogP contribution < -0.4 is 0 Å². The number of hydrogen-bond donors (Lipinski definition) is 1. The number of carboxylic acid groups (broad SMARTS) is 1. The predicted molar refractivity (Wildman–Crippen MR) is 67.6 cm³/mol. The van der Waals surface area contributed by atoms with Crippen LogP contribution in [0.1, 0.15) is 12.5 Å². The van der Waals surface area contributed by atoms with Crippen LogP contribution in [0.25, 0.3) is 0 Å². The number of hydrogen-bond acceptors (Lipinski definition) is 2. The minimum atomic E-state index is -0.699. The van der Waals surface area contributed by atoms with E-state index in [4.69, 9.17) is 9.84 Å². The van der Waals surface area contributed by atoms with Gasteiger partial charge >= 0.3 is 5.97 Å². The third-order valence-electron chi connectivity index (χ3n) is 3.34. The lowest BCUT2D eigenvalue weighted by atomic mass is 10.2. The molecule has 0 aliphatic heterocycles. The smallest absolute Gasteiger partial charge is 0.307 e. The first-order valence-electron chi connectivity index (χ1n) is 5.64. The Bertz CT molecular complexity index is 402. The van der Waals surface area contributed by atoms with Crippen molar-refractivity contribution in [3.63, 3.8) is 0 Å². The maximum atomic E-state index is 10.8. The molecule has 1 fully saturated rings. The zero-order chi connectivity index (χ0) is 12.4. The predicted octanol–water partition coefficient (Wildman–Crippen LogP) is 2.93. The minimum Gasteiger partial charge on any atom is -0.481 e. The molecule has 3 atom stereocenters. The fourth-order valence-electron chi connectivity index (χ4n) is 2.10. The zero-order valence-corrected chi connectivity index (χ0v) is 11.2. The SMILES string of the molecule is CC1C(COCc2ccc(Br)cc2)C1C(=O)O. The molecule has 0 heterocycles. The van der Waals surface area contributed by atoms with E-state index in [0.717, 1.165) is 10.0 Å². The van der Waals surface area contributed by atoms with Gasteiger partial charge in [0.15, 0.2) is 0 Å². The first-order chi connectivity index (χ1) is 8.09. The van der Waals surface area contributed by atoms with E-state index >= 15 is 0 Å². The summed E-state index contributed by atoms with van der Waals surface area (Å²) >= 11 is 3.37. The van der Waals surface area contributed by atoms with Crippen LogP contribution in [0.4, 0.5) is 0 Å². The van der Waals surface area contributed by atoms with Crippen LogP contribution in [0.5, 0.6) is 0 Å². The van der Waals surface area contributed by atoms with Gasteiger partial charge in [-0.2, -0.15) is 0 Å². The van der Waals surface area contributed by atoms with E-state index in [-0.39, 0.29) is 17.8 Å². The molecule has 1 aromatic carbocycles. The molecule has 3 nitrogen and oxygen atoms in total. The van der Waals surface area contributed by atoms with Crippen molar-refractivity contribution in [1.29, 1.82) is 0 Å². The molecular formula is C13H15BrO3. The van der Waals surface area contributed by atoms with Gasteiger partial charge in [0.25, 0.3) is 0 Å². The van der Waals surface area contributed by atoms with Gasteiger partial charge in [-0.1, -0.05) is 35.0 Å². The standard InChI is InChI=1S/C13H15BrO3/c1-8-11(12(8)13(15)16)7-17-6-9-2-4-10(14)5-3-9/h2-5,8,11-12H,6-7H2,1H3,(H,15,16). The zero-order valence-electron chi connectivity index (χ0n) is 9.60. The molecule has 17 heavy (non-hydrogen) atoms. The van der Waals surface area contributed by atoms with Crippen LogP contribution in [0.2, 0.25) is 0 Å². The highest BCUT2D eigenvalue weighted by Gasteiger charge is 2.51. The molecule has 0 saturated heterocycles. The largest absolute Gasteiger partial charge is 0.481 e. The molecule has 0 aromatic heterocycles. The highest BCUT2D eigenvalue weighted by molar-refractivity contribution is 9.10. The monoisotopic (exact) mass is 298 g/mol. The molecule has 4 heteroatoms. The van der Waals surface area contributed by atoms with E-state index in [0.29, 0.717) is 13.2 Å². The molecule has 0 amide bonds. The second-order valence-corrected chi connectivity index (χ2v) is 5.44. The molecule has 1 saturated carbocycles. The Morgan fingerprint density at radius 2 is 2.06 bits per heavy atom. The van der Waals surface area contributed by atoms with Crippen molar-refractivity contribution in [3.8, 4) is 0 Å². The average Bonchev–Trinajstić information content (AvgIpc) is 2.92. The maximum absolute atomic E-state index is 10.8. The second kappa shape index (κ2) is 5.19. The first-order valence-corrected chi connectivity index (χ1v) is 6.44. The minimum absolute atomic E-state index is 0.183. The Morgan fingerprint density at radius 1 is 1.41 bits per heavy atom. The first kappa shape index (κ1) is 12.6. The highest BCUT2D eigenvalue weighted by Crippen LogP contribution is 2.46. The lowest BCUT2D eigenvalue weighted by molar-refractivity contribution is -0.139. The van der Waals surface area contributed by atoms with E-state index in [9.17, 15) is 4.79 Å². The summed E-state index contributed by atoms with van der Waals surface area (Å²) in [6.45, 7) is 3.05. The summed E-state index contributed by atoms with van der Waals surface area (Å²) < 4.78 is 6.60. The van der Waals surface area contributed by atoms with Crippen LogP contribution >= 0.6 is 15.9 Å². The van der Waals surface area contributed by atoms with Gasteiger partial charge < -0.3 is 9.84 Å². The van der Waals surface area contributed by atoms with Crippen molar-refractivity contribution in [2.24, 2.45) is 17.8 Å². The van der Waals surface area contributed by atoms with Gasteiger partial charge in [-0.15, -0.1) is 0 Å². The van der Waals surface area contributed by atoms with Crippen molar-refractivity contribution in [1.82, 2.24) is 0 Å². The molecule has 3 unspecified atom stereocenters. The van der Waals surface area contributed by atoms with Crippen LogP contribution in [0.3, 0.4) is 0 Å². The maximum Gasteiger partial charge on any atom is 0.307 e. The Balaban J connectivity index is 1.74. The fraction of sp³-hybridized carbons (Fsp3) is 0.462. The lowest BCUT2D eigenvalue weighted by Crippen LogP contribution is -2.04. The van der Waals surface area contributed by atoms with Gasteiger partial charge in [0.2, 0.25) is 0 Å². The quantitative estimate of drug-likeness (QED) is 0.909. The summed E-state index contributed by atoms with van der Waals surface area (Å²) in [5.74, 6) is -0.477. The number of rotatable bonds is 5. The Hall–Kier alpha value is -0.870. The van der Waals surface area contributed by atoms with E-state index in [1.54, 1.807) is 0 Å². The van der Waals surface area contributed by atoms with E-state index in [1.165, 1.54) is 0 Å². The topological polar surface area (TPSA) is 46.5 Å². The summed E-state index contributed by atoms with van der Waals surface area (Å²) in [6.07, 6.45) is 0. The molecule has 1 aromatic rings. The fourth-order valence-corrected chi connectivity index (χ4v) is 2.37. The molecule has 0 spiro atoms. The van der Waals surface area contributed by atoms with E-state index in [1.807, 2.05) is 31.2 Å². The number of carbonyl (C=O) groups is 1. The average molecular weight is 299 g/mol. The van der Waals surface area contributed by atoms with E-state index in [2.05, 4.69) is 15.9 Å². The molecule has 0 radical (unpaired) electrons. The van der Waals surface area contributed by atoms with Crippen molar-refractivity contribution in [2.75, 3.05) is 6.61 Å². The third kappa shape index (κ3) is 3.07. The summed E-state index contributed by atoms with van der Waals surface area (Å²) in [5, 5.41) is 8.88. The van der Waals surface area contributed by atoms with Gasteiger partial charge in [0.1, 0.15) is 0 Å². The molecule has 1 aliphatic rings. The number of benzene rings is 1. The highest BCUT2D eigenvalue weighted by atomic mass is 79.9. The molecule has 92 valence electrons. The van der Waals surface area contributed by atoms with E-state index < -0.39 is 5.97 Å². The summed E-state index contributed by atoms with van der Waals surface area (Å²) in [7, 11) is 0. The van der Waals surface area contributed by atoms with Crippen molar-refractivity contribution >= 4 is 21.9 Å². The number of halogens is 1. The van der Waals surface area contributed by atoms with Gasteiger partial charge in [-0.25, -0.2) is 0 Å². The molecule has 2 rings (SSSR count). The molecule has 1 aliphatic carbocycles. The van der Waals surface area contributed by atoms with Gasteiger partial charge in [-0.05, 0) is 29.5 Å². The van der Waals surface area contributed by atoms with Gasteiger partial charge in [0, 0.05) is 4.47 Å². The lowest BCUT2D eigenvalue weighted by Gasteiger charge is -2.03. The number of carboxylic acids is 1. The van der Waals surface area contributed by atoms with Crippen molar-refractivity contribution in [2.45, 2.75) is 13.5 Å². The number of ether oxygens (including phenoxy) is 1. The number of aliphatic carboxylic acids is 1. The van der Waals surface area contributed by atoms with Crippen molar-refractivity contribution in [3.05, 3.63) is 34.3 Å². The Kier molecular flexibility index (Phi) is 3.84. The van der Waals surface area contributed by atoms with Gasteiger partial charge in [0.05, 0.1) is 19.1 Å². The Morgan fingerprint density at radius 3 is 2.59 bits per heavy atom. The van der Waals surface area contributed by atoms with Crippen LogP contribution in [-0.4, -0.2) is 17.7 Å². The summed E-state index contributed by atoms with van der Waals surface area (Å²) in [6, 6.07) is 7.93. The summed E-state index contributed by atoms with van der Waals surface area (Å²) in [5.41, 5.74) is 1.10. The normalized spacial score (nSPS) is 26.8. The van der Waals surface area contributed by atoms with Crippen LogP contribution in [0.15, 0.2) is 28.7 Å². The van der Waals surface area contributed by atoms with Crippen molar-refractivity contribution < 1.29 is 14.6 Å². The van der Waals surface area contributed by atoms with Crippen LogP contribution in [0, 0.1) is 17.8 Å². The second-order valence-electron chi connectivity index (χ2n) is 4.53. The molecule has 1 N–H and O–H groups in total. The molecular weight excluding hydrogens is 284 g/mol. The summed E-state index contributed by atoms with van der Waals surface area (Å²) in [4.78, 5) is 10.8. The van der Waals surface area contributed by atoms with Crippen LogP contribution in [-0.2, 0) is 16.1 Å². The molecule has 0 bridgehead atoms. The van der Waals surface area contributed by atoms with Gasteiger partial charge in [-0.3, -0.25) is 4.79 Å². The Labute approximate surface area is 109 Å². The third-order valence-corrected chi connectivity index (χ3v) is 3.87.